The van der Waals surface area contributed by atoms with E-state index in [4.69, 9.17) is 4.74 Å². The summed E-state index contributed by atoms with van der Waals surface area (Å²) in [5.41, 5.74) is -0.601. The monoisotopic (exact) mass is 271 g/mol. The molecule has 1 aromatic carbocycles. The first-order chi connectivity index (χ1) is 9.04. The number of aliphatic hydroxyl groups is 1. The first-order valence-corrected chi connectivity index (χ1v) is 6.04. The SMILES string of the molecule is COc1ccc(F)c(C(=O)N2CCC(O)CC2)c1F. The number of amides is 1. The maximum absolute atomic E-state index is 14.0. The van der Waals surface area contributed by atoms with Gasteiger partial charge < -0.3 is 14.7 Å². The van der Waals surface area contributed by atoms with E-state index in [1.807, 2.05) is 0 Å². The normalized spacial score (nSPS) is 16.5. The average Bonchev–Trinajstić information content (AvgIpc) is 2.39. The molecule has 0 unspecified atom stereocenters. The van der Waals surface area contributed by atoms with Gasteiger partial charge in [0.2, 0.25) is 0 Å². The van der Waals surface area contributed by atoms with E-state index in [1.165, 1.54) is 12.0 Å². The fourth-order valence-electron chi connectivity index (χ4n) is 2.11. The van der Waals surface area contributed by atoms with Crippen LogP contribution in [0.2, 0.25) is 0 Å². The van der Waals surface area contributed by atoms with Crippen molar-refractivity contribution in [2.24, 2.45) is 0 Å². The number of benzene rings is 1. The van der Waals surface area contributed by atoms with E-state index in [2.05, 4.69) is 0 Å². The molecule has 104 valence electrons. The van der Waals surface area contributed by atoms with E-state index in [0.717, 1.165) is 12.1 Å². The second kappa shape index (κ2) is 5.52. The van der Waals surface area contributed by atoms with Crippen LogP contribution >= 0.6 is 0 Å². The summed E-state index contributed by atoms with van der Waals surface area (Å²) in [6, 6.07) is 2.15. The summed E-state index contributed by atoms with van der Waals surface area (Å²) >= 11 is 0. The van der Waals surface area contributed by atoms with Crippen molar-refractivity contribution in [2.45, 2.75) is 18.9 Å². The highest BCUT2D eigenvalue weighted by Gasteiger charge is 2.28. The molecule has 0 saturated carbocycles. The Labute approximate surface area is 109 Å². The third kappa shape index (κ3) is 2.68. The Morgan fingerprint density at radius 3 is 2.58 bits per heavy atom. The first kappa shape index (κ1) is 13.7. The number of rotatable bonds is 2. The highest BCUT2D eigenvalue weighted by molar-refractivity contribution is 5.95. The van der Waals surface area contributed by atoms with Crippen molar-refractivity contribution in [3.05, 3.63) is 29.3 Å². The fourth-order valence-corrected chi connectivity index (χ4v) is 2.11. The number of methoxy groups -OCH3 is 1. The summed E-state index contributed by atoms with van der Waals surface area (Å²) in [5.74, 6) is -2.77. The highest BCUT2D eigenvalue weighted by atomic mass is 19.1. The predicted octanol–water partition coefficient (Wildman–Crippen LogP) is 1.57. The molecule has 4 nitrogen and oxygen atoms in total. The van der Waals surface area contributed by atoms with Crippen LogP contribution in [0.4, 0.5) is 8.78 Å². The zero-order valence-electron chi connectivity index (χ0n) is 10.5. The van der Waals surface area contributed by atoms with Gasteiger partial charge in [0.1, 0.15) is 11.4 Å². The fraction of sp³-hybridized carbons (Fsp3) is 0.462. The lowest BCUT2D eigenvalue weighted by Crippen LogP contribution is -2.40. The number of hydrogen-bond acceptors (Lipinski definition) is 3. The molecular weight excluding hydrogens is 256 g/mol. The van der Waals surface area contributed by atoms with E-state index in [1.54, 1.807) is 0 Å². The Morgan fingerprint density at radius 1 is 1.37 bits per heavy atom. The molecule has 1 saturated heterocycles. The molecule has 1 aliphatic rings. The molecule has 1 heterocycles. The first-order valence-electron chi connectivity index (χ1n) is 6.04. The third-order valence-corrected chi connectivity index (χ3v) is 3.24. The van der Waals surface area contributed by atoms with E-state index >= 15 is 0 Å². The lowest BCUT2D eigenvalue weighted by molar-refractivity contribution is 0.0538. The van der Waals surface area contributed by atoms with Crippen LogP contribution in [0, 0.1) is 11.6 Å². The zero-order valence-corrected chi connectivity index (χ0v) is 10.5. The van der Waals surface area contributed by atoms with Gasteiger partial charge in [-0.1, -0.05) is 0 Å². The van der Waals surface area contributed by atoms with Gasteiger partial charge in [-0.2, -0.15) is 0 Å². The summed E-state index contributed by atoms with van der Waals surface area (Å²) in [7, 11) is 1.25. The minimum atomic E-state index is -0.987. The van der Waals surface area contributed by atoms with Crippen molar-refractivity contribution in [2.75, 3.05) is 20.2 Å². The molecule has 6 heteroatoms. The number of ether oxygens (including phenoxy) is 1. The molecule has 0 atom stereocenters. The average molecular weight is 271 g/mol. The highest BCUT2D eigenvalue weighted by Crippen LogP contribution is 2.25. The van der Waals surface area contributed by atoms with Gasteiger partial charge in [0.15, 0.2) is 11.6 Å². The van der Waals surface area contributed by atoms with Gasteiger partial charge in [0.25, 0.3) is 5.91 Å². The number of nitrogens with zero attached hydrogens (tertiary/aromatic N) is 1. The van der Waals surface area contributed by atoms with Gasteiger partial charge in [-0.3, -0.25) is 4.79 Å². The Bertz CT molecular complexity index is 485. The van der Waals surface area contributed by atoms with Crippen LogP contribution in [0.25, 0.3) is 0 Å². The largest absolute Gasteiger partial charge is 0.494 e. The Kier molecular flexibility index (Phi) is 3.99. The van der Waals surface area contributed by atoms with Gasteiger partial charge in [0.05, 0.1) is 13.2 Å². The molecule has 1 N–H and O–H groups in total. The zero-order chi connectivity index (χ0) is 14.0. The van der Waals surface area contributed by atoms with Crippen molar-refractivity contribution >= 4 is 5.91 Å². The molecule has 0 bridgehead atoms. The number of halogens is 2. The quantitative estimate of drug-likeness (QED) is 0.888. The second-order valence-corrected chi connectivity index (χ2v) is 4.46. The minimum Gasteiger partial charge on any atom is -0.494 e. The number of aliphatic hydroxyl groups excluding tert-OH is 1. The van der Waals surface area contributed by atoms with Crippen LogP contribution in [-0.4, -0.2) is 42.2 Å². The van der Waals surface area contributed by atoms with Crippen molar-refractivity contribution < 1.29 is 23.4 Å². The molecule has 0 aliphatic carbocycles. The van der Waals surface area contributed by atoms with Gasteiger partial charge in [-0.25, -0.2) is 8.78 Å². The van der Waals surface area contributed by atoms with Crippen molar-refractivity contribution in [3.63, 3.8) is 0 Å². The molecule has 1 aromatic rings. The lowest BCUT2D eigenvalue weighted by Gasteiger charge is -2.29. The Hall–Kier alpha value is -1.69. The third-order valence-electron chi connectivity index (χ3n) is 3.24. The summed E-state index contributed by atoms with van der Waals surface area (Å²) in [5, 5.41) is 9.36. The van der Waals surface area contributed by atoms with E-state index in [9.17, 15) is 18.7 Å². The number of carbonyl (C=O) groups is 1. The molecule has 1 aliphatic heterocycles. The summed E-state index contributed by atoms with van der Waals surface area (Å²) in [6.07, 6.45) is 0.377. The van der Waals surface area contributed by atoms with Crippen LogP contribution in [-0.2, 0) is 0 Å². The molecule has 19 heavy (non-hydrogen) atoms. The van der Waals surface area contributed by atoms with Gasteiger partial charge in [-0.15, -0.1) is 0 Å². The summed E-state index contributed by atoms with van der Waals surface area (Å²) in [4.78, 5) is 13.5. The van der Waals surface area contributed by atoms with Crippen LogP contribution in [0.15, 0.2) is 12.1 Å². The number of likely N-dealkylation sites (tertiary alicyclic amines) is 1. The molecule has 0 aromatic heterocycles. The lowest BCUT2D eigenvalue weighted by atomic mass is 10.1. The Balaban J connectivity index is 2.28. The molecule has 1 fully saturated rings. The van der Waals surface area contributed by atoms with E-state index in [0.29, 0.717) is 12.8 Å². The molecule has 0 spiro atoms. The van der Waals surface area contributed by atoms with Crippen LogP contribution in [0.5, 0.6) is 5.75 Å². The molecule has 0 radical (unpaired) electrons. The number of piperidine rings is 1. The standard InChI is InChI=1S/C13H15F2NO3/c1-19-10-3-2-9(14)11(12(10)15)13(18)16-6-4-8(17)5-7-16/h2-3,8,17H,4-7H2,1H3. The summed E-state index contributed by atoms with van der Waals surface area (Å²) < 4.78 is 32.4. The van der Waals surface area contributed by atoms with Crippen molar-refractivity contribution in [3.8, 4) is 5.75 Å². The van der Waals surface area contributed by atoms with Crippen LogP contribution in [0.3, 0.4) is 0 Å². The maximum atomic E-state index is 14.0. The molecule has 2 rings (SSSR count). The maximum Gasteiger partial charge on any atom is 0.259 e. The van der Waals surface area contributed by atoms with Crippen LogP contribution in [0.1, 0.15) is 23.2 Å². The van der Waals surface area contributed by atoms with E-state index in [-0.39, 0.29) is 18.8 Å². The van der Waals surface area contributed by atoms with Gasteiger partial charge in [-0.05, 0) is 25.0 Å². The predicted molar refractivity (Wildman–Crippen MR) is 64.1 cm³/mol. The Morgan fingerprint density at radius 2 is 2.00 bits per heavy atom. The topological polar surface area (TPSA) is 49.8 Å². The summed E-state index contributed by atoms with van der Waals surface area (Å²) in [6.45, 7) is 0.576. The van der Waals surface area contributed by atoms with Crippen LogP contribution < -0.4 is 4.74 Å². The van der Waals surface area contributed by atoms with Gasteiger partial charge >= 0.3 is 0 Å². The molecule has 1 amide bonds. The number of hydrogen-bond donors (Lipinski definition) is 1. The van der Waals surface area contributed by atoms with E-state index < -0.39 is 29.2 Å². The second-order valence-electron chi connectivity index (χ2n) is 4.46. The minimum absolute atomic E-state index is 0.165. The van der Waals surface area contributed by atoms with Gasteiger partial charge in [0, 0.05) is 13.1 Å². The van der Waals surface area contributed by atoms with Crippen molar-refractivity contribution in [1.29, 1.82) is 0 Å². The molecular formula is C13H15F2NO3. The van der Waals surface area contributed by atoms with Crippen molar-refractivity contribution in [1.82, 2.24) is 4.90 Å². The smallest absolute Gasteiger partial charge is 0.259 e. The number of carbonyl (C=O) groups excluding carboxylic acids is 1.